The fourth-order valence-corrected chi connectivity index (χ4v) is 3.60. The number of benzene rings is 1. The molecule has 128 valence electrons. The fourth-order valence-electron chi connectivity index (χ4n) is 3.60. The average Bonchev–Trinajstić information content (AvgIpc) is 3.14. The van der Waals surface area contributed by atoms with E-state index in [0.29, 0.717) is 18.4 Å². The molecule has 1 aromatic carbocycles. The topological polar surface area (TPSA) is 38.1 Å². The van der Waals surface area contributed by atoms with Crippen LogP contribution < -0.4 is 0 Å². The van der Waals surface area contributed by atoms with Gasteiger partial charge in [-0.15, -0.1) is 0 Å². The number of piperidine rings is 1. The van der Waals surface area contributed by atoms with Crippen LogP contribution in [0, 0.1) is 0 Å². The molecule has 0 aliphatic carbocycles. The molecule has 1 amide bonds. The molecule has 1 aliphatic heterocycles. The van der Waals surface area contributed by atoms with Crippen LogP contribution in [0.1, 0.15) is 44.1 Å². The van der Waals surface area contributed by atoms with Crippen molar-refractivity contribution in [1.29, 1.82) is 0 Å². The van der Waals surface area contributed by atoms with E-state index in [0.717, 1.165) is 45.2 Å². The summed E-state index contributed by atoms with van der Waals surface area (Å²) in [5.74, 6) is 0.325. The maximum atomic E-state index is 12.7. The van der Waals surface area contributed by atoms with Crippen LogP contribution in [-0.2, 0) is 17.8 Å². The molecular formula is C20H27N3O. The van der Waals surface area contributed by atoms with E-state index in [1.165, 1.54) is 12.0 Å². The number of rotatable bonds is 7. The van der Waals surface area contributed by atoms with Crippen molar-refractivity contribution in [3.8, 4) is 0 Å². The molecule has 4 heteroatoms. The number of amides is 1. The van der Waals surface area contributed by atoms with Gasteiger partial charge in [0.05, 0.1) is 6.33 Å². The van der Waals surface area contributed by atoms with Gasteiger partial charge in [0.2, 0.25) is 5.91 Å². The number of hydrogen-bond acceptors (Lipinski definition) is 2. The van der Waals surface area contributed by atoms with E-state index in [2.05, 4.69) is 26.6 Å². The molecular weight excluding hydrogens is 298 g/mol. The van der Waals surface area contributed by atoms with Crippen LogP contribution in [0.25, 0.3) is 0 Å². The molecule has 0 spiro atoms. The minimum Gasteiger partial charge on any atom is -0.340 e. The van der Waals surface area contributed by atoms with Crippen molar-refractivity contribution in [2.24, 2.45) is 0 Å². The van der Waals surface area contributed by atoms with E-state index in [-0.39, 0.29) is 0 Å². The van der Waals surface area contributed by atoms with E-state index in [1.807, 2.05) is 36.9 Å². The number of hydrogen-bond donors (Lipinski definition) is 0. The lowest BCUT2D eigenvalue weighted by Gasteiger charge is -2.36. The molecule has 4 nitrogen and oxygen atoms in total. The van der Waals surface area contributed by atoms with Gasteiger partial charge in [-0.25, -0.2) is 4.98 Å². The summed E-state index contributed by atoms with van der Waals surface area (Å²) in [5.41, 5.74) is 1.25. The highest BCUT2D eigenvalue weighted by Crippen LogP contribution is 2.22. The van der Waals surface area contributed by atoms with Gasteiger partial charge in [-0.05, 0) is 44.1 Å². The van der Waals surface area contributed by atoms with Crippen LogP contribution in [0.5, 0.6) is 0 Å². The zero-order valence-corrected chi connectivity index (χ0v) is 14.3. The molecule has 0 bridgehead atoms. The molecule has 1 aromatic heterocycles. The number of imidazole rings is 1. The minimum atomic E-state index is 0.325. The predicted molar refractivity (Wildman–Crippen MR) is 95.6 cm³/mol. The predicted octanol–water partition coefficient (Wildman–Crippen LogP) is 3.68. The van der Waals surface area contributed by atoms with Gasteiger partial charge in [-0.2, -0.15) is 0 Å². The smallest absolute Gasteiger partial charge is 0.223 e. The molecule has 1 fully saturated rings. The maximum Gasteiger partial charge on any atom is 0.223 e. The van der Waals surface area contributed by atoms with Gasteiger partial charge in [0.25, 0.3) is 0 Å². The third-order valence-corrected chi connectivity index (χ3v) is 4.93. The van der Waals surface area contributed by atoms with Crippen LogP contribution in [0.3, 0.4) is 0 Å². The number of nitrogens with zero attached hydrogens (tertiary/aromatic N) is 3. The Hall–Kier alpha value is -2.10. The molecule has 0 radical (unpaired) electrons. The normalized spacial score (nSPS) is 17.8. The Morgan fingerprint density at radius 2 is 2.08 bits per heavy atom. The Bertz CT molecular complexity index is 609. The molecule has 1 aliphatic rings. The Kier molecular flexibility index (Phi) is 6.05. The largest absolute Gasteiger partial charge is 0.340 e. The summed E-state index contributed by atoms with van der Waals surface area (Å²) in [6.07, 6.45) is 12.9. The SMILES string of the molecule is O=C(CCc1ccccc1)N1CCCCC1CCCn1ccnc1. The number of aryl methyl sites for hydroxylation is 2. The van der Waals surface area contributed by atoms with E-state index >= 15 is 0 Å². The van der Waals surface area contributed by atoms with Crippen molar-refractivity contribution in [1.82, 2.24) is 14.5 Å². The maximum absolute atomic E-state index is 12.7. The van der Waals surface area contributed by atoms with Crippen molar-refractivity contribution in [2.75, 3.05) is 6.54 Å². The van der Waals surface area contributed by atoms with Crippen LogP contribution in [0.2, 0.25) is 0 Å². The second-order valence-electron chi connectivity index (χ2n) is 6.67. The second kappa shape index (κ2) is 8.67. The molecule has 1 atom stereocenters. The third kappa shape index (κ3) is 4.70. The number of aromatic nitrogens is 2. The van der Waals surface area contributed by atoms with E-state index < -0.39 is 0 Å². The summed E-state index contributed by atoms with van der Waals surface area (Å²) in [7, 11) is 0. The summed E-state index contributed by atoms with van der Waals surface area (Å²) in [6, 6.07) is 10.7. The first-order valence-corrected chi connectivity index (χ1v) is 9.12. The summed E-state index contributed by atoms with van der Waals surface area (Å²) in [4.78, 5) is 18.9. The van der Waals surface area contributed by atoms with Gasteiger partial charge < -0.3 is 9.47 Å². The summed E-state index contributed by atoms with van der Waals surface area (Å²) in [6.45, 7) is 1.92. The van der Waals surface area contributed by atoms with Crippen LogP contribution >= 0.6 is 0 Å². The van der Waals surface area contributed by atoms with E-state index in [4.69, 9.17) is 0 Å². The average molecular weight is 325 g/mol. The highest BCUT2D eigenvalue weighted by Gasteiger charge is 2.25. The monoisotopic (exact) mass is 325 g/mol. The highest BCUT2D eigenvalue weighted by atomic mass is 16.2. The summed E-state index contributed by atoms with van der Waals surface area (Å²) >= 11 is 0. The molecule has 2 heterocycles. The van der Waals surface area contributed by atoms with Crippen molar-refractivity contribution in [3.05, 3.63) is 54.6 Å². The molecule has 0 N–H and O–H groups in total. The molecule has 24 heavy (non-hydrogen) atoms. The van der Waals surface area contributed by atoms with Crippen LogP contribution in [-0.4, -0.2) is 32.9 Å². The quantitative estimate of drug-likeness (QED) is 0.779. The lowest BCUT2D eigenvalue weighted by molar-refractivity contribution is -0.135. The van der Waals surface area contributed by atoms with Gasteiger partial charge >= 0.3 is 0 Å². The fraction of sp³-hybridized carbons (Fsp3) is 0.500. The van der Waals surface area contributed by atoms with Gasteiger partial charge in [0.1, 0.15) is 0 Å². The Balaban J connectivity index is 1.48. The van der Waals surface area contributed by atoms with Gasteiger partial charge in [0.15, 0.2) is 0 Å². The number of carbonyl (C=O) groups excluding carboxylic acids is 1. The van der Waals surface area contributed by atoms with Crippen molar-refractivity contribution >= 4 is 5.91 Å². The van der Waals surface area contributed by atoms with Gasteiger partial charge in [-0.1, -0.05) is 30.3 Å². The number of carbonyl (C=O) groups is 1. The second-order valence-corrected chi connectivity index (χ2v) is 6.67. The molecule has 3 rings (SSSR count). The minimum absolute atomic E-state index is 0.325. The standard InChI is InChI=1S/C20H27N3O/c24-20(12-11-18-7-2-1-3-8-18)23-15-5-4-9-19(23)10-6-14-22-16-13-21-17-22/h1-3,7-8,13,16-17,19H,4-6,9-12,14-15H2. The Labute approximate surface area is 144 Å². The molecule has 1 saturated heterocycles. The Morgan fingerprint density at radius 1 is 1.21 bits per heavy atom. The number of likely N-dealkylation sites (tertiary alicyclic amines) is 1. The van der Waals surface area contributed by atoms with Gasteiger partial charge in [-0.3, -0.25) is 4.79 Å². The molecule has 2 aromatic rings. The molecule has 0 saturated carbocycles. The van der Waals surface area contributed by atoms with Crippen molar-refractivity contribution in [2.45, 2.75) is 57.5 Å². The third-order valence-electron chi connectivity index (χ3n) is 4.93. The first-order chi connectivity index (χ1) is 11.8. The highest BCUT2D eigenvalue weighted by molar-refractivity contribution is 5.76. The zero-order valence-electron chi connectivity index (χ0n) is 14.3. The first-order valence-electron chi connectivity index (χ1n) is 9.12. The first kappa shape index (κ1) is 16.7. The van der Waals surface area contributed by atoms with Crippen molar-refractivity contribution in [3.63, 3.8) is 0 Å². The zero-order chi connectivity index (χ0) is 16.6. The van der Waals surface area contributed by atoms with E-state index in [1.54, 1.807) is 0 Å². The van der Waals surface area contributed by atoms with Crippen LogP contribution in [0.4, 0.5) is 0 Å². The summed E-state index contributed by atoms with van der Waals surface area (Å²) in [5, 5.41) is 0. The summed E-state index contributed by atoms with van der Waals surface area (Å²) < 4.78 is 2.12. The Morgan fingerprint density at radius 3 is 2.88 bits per heavy atom. The van der Waals surface area contributed by atoms with E-state index in [9.17, 15) is 4.79 Å². The van der Waals surface area contributed by atoms with Gasteiger partial charge in [0, 0.05) is 37.9 Å². The van der Waals surface area contributed by atoms with Crippen LogP contribution in [0.15, 0.2) is 49.1 Å². The lowest BCUT2D eigenvalue weighted by atomic mass is 9.97. The molecule has 1 unspecified atom stereocenters. The van der Waals surface area contributed by atoms with Crippen molar-refractivity contribution < 1.29 is 4.79 Å². The lowest BCUT2D eigenvalue weighted by Crippen LogP contribution is -2.43.